The van der Waals surface area contributed by atoms with E-state index >= 15 is 0 Å². The maximum atomic E-state index is 11.0. The van der Waals surface area contributed by atoms with Crippen LogP contribution in [0, 0.1) is 17.0 Å². The fraction of sp³-hybridized carbons (Fsp3) is 0.0769. The number of nitrogens with zero attached hydrogens (tertiary/aromatic N) is 1. The van der Waals surface area contributed by atoms with Gasteiger partial charge in [-0.05, 0) is 37.3 Å². The van der Waals surface area contributed by atoms with E-state index in [1.807, 2.05) is 0 Å². The van der Waals surface area contributed by atoms with Crippen molar-refractivity contribution in [1.82, 2.24) is 0 Å². The number of aryl methyl sites for hydroxylation is 1. The molecule has 0 bridgehead atoms. The Hall–Kier alpha value is -2.56. The zero-order valence-electron chi connectivity index (χ0n) is 9.88. The normalized spacial score (nSPS) is 10.1. The quantitative estimate of drug-likeness (QED) is 0.492. The predicted molar refractivity (Wildman–Crippen MR) is 72.0 cm³/mol. The van der Waals surface area contributed by atoms with Crippen LogP contribution in [0.4, 0.5) is 22.7 Å². The van der Waals surface area contributed by atoms with E-state index in [2.05, 4.69) is 5.32 Å². The lowest BCUT2D eigenvalue weighted by atomic mass is 10.1. The van der Waals surface area contributed by atoms with E-state index in [4.69, 9.17) is 5.73 Å². The summed E-state index contributed by atoms with van der Waals surface area (Å²) >= 11 is 0. The van der Waals surface area contributed by atoms with Gasteiger partial charge in [0, 0.05) is 16.9 Å². The van der Waals surface area contributed by atoms with Crippen molar-refractivity contribution in [2.45, 2.75) is 6.92 Å². The highest BCUT2D eigenvalue weighted by atomic mass is 16.6. The molecule has 0 aliphatic rings. The minimum atomic E-state index is -0.380. The van der Waals surface area contributed by atoms with Gasteiger partial charge in [0.1, 0.15) is 5.69 Å². The number of nitrogens with two attached hydrogens (primary N) is 1. The zero-order valence-corrected chi connectivity index (χ0v) is 9.88. The van der Waals surface area contributed by atoms with Gasteiger partial charge < -0.3 is 11.1 Å². The van der Waals surface area contributed by atoms with Crippen LogP contribution in [-0.4, -0.2) is 4.92 Å². The van der Waals surface area contributed by atoms with Gasteiger partial charge in [0.05, 0.1) is 4.92 Å². The monoisotopic (exact) mass is 243 g/mol. The van der Waals surface area contributed by atoms with Crippen molar-refractivity contribution in [3.05, 3.63) is 58.1 Å². The van der Waals surface area contributed by atoms with Crippen molar-refractivity contribution in [2.24, 2.45) is 0 Å². The first-order chi connectivity index (χ1) is 8.58. The third kappa shape index (κ3) is 2.40. The molecule has 0 fully saturated rings. The van der Waals surface area contributed by atoms with Crippen LogP contribution in [0.1, 0.15) is 5.56 Å². The van der Waals surface area contributed by atoms with Gasteiger partial charge in [-0.15, -0.1) is 0 Å². The van der Waals surface area contributed by atoms with Crippen molar-refractivity contribution in [1.29, 1.82) is 0 Å². The number of benzene rings is 2. The summed E-state index contributed by atoms with van der Waals surface area (Å²) in [5, 5.41) is 14.1. The molecule has 0 aliphatic heterocycles. The van der Waals surface area contributed by atoms with E-state index < -0.39 is 0 Å². The van der Waals surface area contributed by atoms with Crippen LogP contribution in [0.5, 0.6) is 0 Å². The maximum Gasteiger partial charge on any atom is 0.295 e. The largest absolute Gasteiger partial charge is 0.399 e. The number of nitrogen functional groups attached to an aromatic ring is 1. The number of nitro benzene ring substituents is 1. The number of nitrogens with one attached hydrogen (secondary N) is 1. The number of para-hydroxylation sites is 1. The number of nitro groups is 1. The van der Waals surface area contributed by atoms with Crippen LogP contribution in [-0.2, 0) is 0 Å². The predicted octanol–water partition coefficient (Wildman–Crippen LogP) is 3.23. The van der Waals surface area contributed by atoms with Crippen LogP contribution in [0.3, 0.4) is 0 Å². The highest BCUT2D eigenvalue weighted by Gasteiger charge is 2.16. The molecule has 0 aliphatic carbocycles. The van der Waals surface area contributed by atoms with E-state index in [-0.39, 0.29) is 10.6 Å². The minimum Gasteiger partial charge on any atom is -0.399 e. The Morgan fingerprint density at radius 1 is 1.17 bits per heavy atom. The molecular formula is C13H13N3O2. The highest BCUT2D eigenvalue weighted by Crippen LogP contribution is 2.30. The van der Waals surface area contributed by atoms with Gasteiger partial charge in [0.25, 0.3) is 5.69 Å². The molecule has 5 heteroatoms. The Morgan fingerprint density at radius 2 is 1.83 bits per heavy atom. The summed E-state index contributed by atoms with van der Waals surface area (Å²) in [5.74, 6) is 0. The third-order valence-electron chi connectivity index (χ3n) is 2.61. The maximum absolute atomic E-state index is 11.0. The SMILES string of the molecule is Cc1cccc(Nc2ccc(N)cc2)c1[N+](=O)[O-]. The molecule has 2 rings (SSSR count). The second kappa shape index (κ2) is 4.75. The zero-order chi connectivity index (χ0) is 13.1. The van der Waals surface area contributed by atoms with Crippen molar-refractivity contribution in [3.63, 3.8) is 0 Å². The van der Waals surface area contributed by atoms with Crippen LogP contribution < -0.4 is 11.1 Å². The van der Waals surface area contributed by atoms with E-state index in [1.54, 1.807) is 49.4 Å². The Morgan fingerprint density at radius 3 is 2.44 bits per heavy atom. The molecule has 0 aromatic heterocycles. The van der Waals surface area contributed by atoms with Crippen LogP contribution >= 0.6 is 0 Å². The van der Waals surface area contributed by atoms with Gasteiger partial charge >= 0.3 is 0 Å². The van der Waals surface area contributed by atoms with Gasteiger partial charge in [-0.2, -0.15) is 0 Å². The molecule has 5 nitrogen and oxygen atoms in total. The molecule has 0 unspecified atom stereocenters. The fourth-order valence-electron chi connectivity index (χ4n) is 1.72. The third-order valence-corrected chi connectivity index (χ3v) is 2.61. The first kappa shape index (κ1) is 11.9. The number of hydrogen-bond donors (Lipinski definition) is 2. The van der Waals surface area contributed by atoms with Crippen molar-refractivity contribution in [3.8, 4) is 0 Å². The first-order valence-corrected chi connectivity index (χ1v) is 5.44. The Balaban J connectivity index is 2.37. The topological polar surface area (TPSA) is 81.2 Å². The van der Waals surface area contributed by atoms with E-state index in [1.165, 1.54) is 0 Å². The first-order valence-electron chi connectivity index (χ1n) is 5.44. The molecule has 92 valence electrons. The summed E-state index contributed by atoms with van der Waals surface area (Å²) in [6.07, 6.45) is 0. The van der Waals surface area contributed by atoms with Crippen LogP contribution in [0.15, 0.2) is 42.5 Å². The van der Waals surface area contributed by atoms with Gasteiger partial charge in [-0.25, -0.2) is 0 Å². The highest BCUT2D eigenvalue weighted by molar-refractivity contribution is 5.72. The Kier molecular flexibility index (Phi) is 3.14. The lowest BCUT2D eigenvalue weighted by Crippen LogP contribution is -1.99. The summed E-state index contributed by atoms with van der Waals surface area (Å²) in [6.45, 7) is 1.71. The van der Waals surface area contributed by atoms with Gasteiger partial charge in [-0.1, -0.05) is 12.1 Å². The molecule has 0 heterocycles. The number of rotatable bonds is 3. The average molecular weight is 243 g/mol. The molecule has 0 saturated heterocycles. The lowest BCUT2D eigenvalue weighted by molar-refractivity contribution is -0.384. The van der Waals surface area contributed by atoms with Crippen LogP contribution in [0.2, 0.25) is 0 Å². The Bertz CT molecular complexity index is 579. The second-order valence-corrected chi connectivity index (χ2v) is 3.98. The summed E-state index contributed by atoms with van der Waals surface area (Å²) in [6, 6.07) is 12.2. The molecule has 2 aromatic rings. The average Bonchev–Trinajstić information content (AvgIpc) is 2.32. The summed E-state index contributed by atoms with van der Waals surface area (Å²) in [5.41, 5.74) is 8.19. The van der Waals surface area contributed by atoms with Gasteiger partial charge in [-0.3, -0.25) is 10.1 Å². The molecule has 0 saturated carbocycles. The number of hydrogen-bond acceptors (Lipinski definition) is 4. The van der Waals surface area contributed by atoms with E-state index in [9.17, 15) is 10.1 Å². The molecule has 0 radical (unpaired) electrons. The molecule has 3 N–H and O–H groups in total. The van der Waals surface area contributed by atoms with Crippen LogP contribution in [0.25, 0.3) is 0 Å². The van der Waals surface area contributed by atoms with E-state index in [0.717, 1.165) is 5.69 Å². The minimum absolute atomic E-state index is 0.0920. The summed E-state index contributed by atoms with van der Waals surface area (Å²) < 4.78 is 0. The van der Waals surface area contributed by atoms with E-state index in [0.29, 0.717) is 16.9 Å². The summed E-state index contributed by atoms with van der Waals surface area (Å²) in [7, 11) is 0. The molecule has 0 atom stereocenters. The molecule has 0 spiro atoms. The fourth-order valence-corrected chi connectivity index (χ4v) is 1.72. The molecule has 18 heavy (non-hydrogen) atoms. The molecule has 0 amide bonds. The van der Waals surface area contributed by atoms with Crippen molar-refractivity contribution in [2.75, 3.05) is 11.1 Å². The Labute approximate surface area is 104 Å². The van der Waals surface area contributed by atoms with Gasteiger partial charge in [0.2, 0.25) is 0 Å². The number of anilines is 3. The summed E-state index contributed by atoms with van der Waals surface area (Å²) in [4.78, 5) is 10.7. The smallest absolute Gasteiger partial charge is 0.295 e. The van der Waals surface area contributed by atoms with Gasteiger partial charge in [0.15, 0.2) is 0 Å². The van der Waals surface area contributed by atoms with Crippen molar-refractivity contribution >= 4 is 22.7 Å². The molecule has 2 aromatic carbocycles. The lowest BCUT2D eigenvalue weighted by Gasteiger charge is -2.08. The standard InChI is InChI=1S/C13H13N3O2/c1-9-3-2-4-12(13(9)16(17)18)15-11-7-5-10(14)6-8-11/h2-8,15H,14H2,1H3. The molecular weight excluding hydrogens is 230 g/mol. The second-order valence-electron chi connectivity index (χ2n) is 3.98. The van der Waals surface area contributed by atoms with Crippen molar-refractivity contribution < 1.29 is 4.92 Å².